The third-order valence-corrected chi connectivity index (χ3v) is 3.59. The number of hydrogen-bond acceptors (Lipinski definition) is 12. The van der Waals surface area contributed by atoms with Gasteiger partial charge in [0.2, 0.25) is 0 Å². The first-order valence-electron chi connectivity index (χ1n) is 9.04. The first-order chi connectivity index (χ1) is 13.7. The lowest BCUT2D eigenvalue weighted by atomic mass is 10.3. The number of cyclic esters (lactones) is 8. The highest BCUT2D eigenvalue weighted by Crippen LogP contribution is 2.12. The number of rotatable bonds is 1. The van der Waals surface area contributed by atoms with Gasteiger partial charge in [-0.05, 0) is 27.2 Å². The molecule has 0 aromatic heterocycles. The van der Waals surface area contributed by atoms with E-state index in [1.165, 1.54) is 0 Å². The van der Waals surface area contributed by atoms with Gasteiger partial charge < -0.3 is 37.9 Å². The highest BCUT2D eigenvalue weighted by atomic mass is 16.8. The lowest BCUT2D eigenvalue weighted by Crippen LogP contribution is -2.13. The van der Waals surface area contributed by atoms with Crippen LogP contribution in [0.1, 0.15) is 34.1 Å². The van der Waals surface area contributed by atoms with Crippen LogP contribution in [0.25, 0.3) is 0 Å². The second kappa shape index (κ2) is 12.5. The molecule has 4 atom stereocenters. The summed E-state index contributed by atoms with van der Waals surface area (Å²) in [7, 11) is 0. The molecular formula is C17H26O12. The molecule has 0 aromatic carbocycles. The van der Waals surface area contributed by atoms with E-state index in [-0.39, 0.29) is 24.4 Å². The fraction of sp³-hybridized carbons (Fsp3) is 0.765. The zero-order valence-corrected chi connectivity index (χ0v) is 16.7. The molecule has 12 nitrogen and oxygen atoms in total. The monoisotopic (exact) mass is 422 g/mol. The Balaban J connectivity index is 0.000000194. The third-order valence-electron chi connectivity index (χ3n) is 3.59. The minimum absolute atomic E-state index is 0.00231. The van der Waals surface area contributed by atoms with Gasteiger partial charge in [-0.3, -0.25) is 0 Å². The van der Waals surface area contributed by atoms with Gasteiger partial charge in [0.25, 0.3) is 0 Å². The topological polar surface area (TPSA) is 142 Å². The molecule has 29 heavy (non-hydrogen) atoms. The van der Waals surface area contributed by atoms with E-state index in [9.17, 15) is 19.2 Å². The number of carbonyl (C=O) groups excluding carboxylic acids is 4. The van der Waals surface area contributed by atoms with Gasteiger partial charge in [0.1, 0.15) is 50.8 Å². The van der Waals surface area contributed by atoms with Crippen LogP contribution in [0.15, 0.2) is 0 Å². The number of carbonyl (C=O) groups is 4. The first kappa shape index (κ1) is 24.1. The maximum Gasteiger partial charge on any atom is 0.509 e. The average molecular weight is 422 g/mol. The van der Waals surface area contributed by atoms with Crippen molar-refractivity contribution in [2.75, 3.05) is 26.4 Å². The average Bonchev–Trinajstić information content (AvgIpc) is 3.43. The van der Waals surface area contributed by atoms with Crippen LogP contribution < -0.4 is 0 Å². The maximum atomic E-state index is 10.2. The molecule has 4 fully saturated rings. The highest BCUT2D eigenvalue weighted by molar-refractivity contribution is 5.62. The Morgan fingerprint density at radius 3 is 1.34 bits per heavy atom. The van der Waals surface area contributed by atoms with Gasteiger partial charge in [-0.15, -0.1) is 0 Å². The van der Waals surface area contributed by atoms with Crippen molar-refractivity contribution in [1.29, 1.82) is 0 Å². The van der Waals surface area contributed by atoms with Gasteiger partial charge in [-0.1, -0.05) is 6.92 Å². The van der Waals surface area contributed by atoms with Gasteiger partial charge in [0.05, 0.1) is 0 Å². The predicted octanol–water partition coefficient (Wildman–Crippen LogP) is 2.56. The summed E-state index contributed by atoms with van der Waals surface area (Å²) in [5.74, 6) is 0. The Bertz CT molecular complexity index is 543. The molecule has 166 valence electrons. The molecule has 4 heterocycles. The summed E-state index contributed by atoms with van der Waals surface area (Å²) < 4.78 is 35.9. The molecule has 4 unspecified atom stereocenters. The summed E-state index contributed by atoms with van der Waals surface area (Å²) in [6.45, 7) is 8.99. The molecule has 0 radical (unpaired) electrons. The van der Waals surface area contributed by atoms with Crippen LogP contribution in [0.5, 0.6) is 0 Å². The minimum atomic E-state index is -0.551. The lowest BCUT2D eigenvalue weighted by Gasteiger charge is -2.00. The summed E-state index contributed by atoms with van der Waals surface area (Å²) in [6.07, 6.45) is -1.55. The highest BCUT2D eigenvalue weighted by Gasteiger charge is 2.28. The molecule has 0 N–H and O–H groups in total. The smallest absolute Gasteiger partial charge is 0.431 e. The quantitative estimate of drug-likeness (QED) is 0.452. The van der Waals surface area contributed by atoms with Crippen molar-refractivity contribution in [3.8, 4) is 0 Å². The van der Waals surface area contributed by atoms with Gasteiger partial charge in [-0.2, -0.15) is 0 Å². The molecule has 4 aliphatic heterocycles. The van der Waals surface area contributed by atoms with Crippen molar-refractivity contribution in [2.24, 2.45) is 0 Å². The fourth-order valence-corrected chi connectivity index (χ4v) is 1.80. The van der Waals surface area contributed by atoms with Gasteiger partial charge >= 0.3 is 24.6 Å². The van der Waals surface area contributed by atoms with E-state index in [1.54, 1.807) is 20.8 Å². The van der Waals surface area contributed by atoms with Crippen LogP contribution in [0.2, 0.25) is 0 Å². The normalized spacial score (nSPS) is 28.7. The van der Waals surface area contributed by atoms with Crippen molar-refractivity contribution in [2.45, 2.75) is 58.5 Å². The van der Waals surface area contributed by atoms with Gasteiger partial charge in [0, 0.05) is 0 Å². The zero-order chi connectivity index (χ0) is 21.8. The molecule has 0 aliphatic carbocycles. The summed E-state index contributed by atoms with van der Waals surface area (Å²) in [5.41, 5.74) is 0. The molecule has 0 aromatic rings. The molecule has 0 bridgehead atoms. The third kappa shape index (κ3) is 10.3. The van der Waals surface area contributed by atoms with Crippen LogP contribution >= 0.6 is 0 Å². The SMILES string of the molecule is CC1COC(=O)O1.CC1OC(=O)OC1C.CCC1COC(=O)O1.O=C1OCCO1. The van der Waals surface area contributed by atoms with E-state index >= 15 is 0 Å². The summed E-state index contributed by atoms with van der Waals surface area (Å²) >= 11 is 0. The predicted molar refractivity (Wildman–Crippen MR) is 92.2 cm³/mol. The molecule has 0 spiro atoms. The van der Waals surface area contributed by atoms with E-state index in [0.29, 0.717) is 26.4 Å². The van der Waals surface area contributed by atoms with Crippen molar-refractivity contribution in [3.63, 3.8) is 0 Å². The second-order valence-electron chi connectivity index (χ2n) is 6.04. The van der Waals surface area contributed by atoms with Crippen LogP contribution in [-0.2, 0) is 37.9 Å². The maximum absolute atomic E-state index is 10.2. The van der Waals surface area contributed by atoms with Crippen LogP contribution in [0.4, 0.5) is 19.2 Å². The lowest BCUT2D eigenvalue weighted by molar-refractivity contribution is 0.116. The Labute approximate surface area is 167 Å². The van der Waals surface area contributed by atoms with Crippen LogP contribution in [0.3, 0.4) is 0 Å². The van der Waals surface area contributed by atoms with E-state index < -0.39 is 24.6 Å². The molecule has 4 saturated heterocycles. The van der Waals surface area contributed by atoms with Gasteiger partial charge in [-0.25, -0.2) is 19.2 Å². The van der Waals surface area contributed by atoms with Crippen molar-refractivity contribution >= 4 is 24.6 Å². The Hall–Kier alpha value is -2.92. The van der Waals surface area contributed by atoms with Crippen molar-refractivity contribution < 1.29 is 57.1 Å². The zero-order valence-electron chi connectivity index (χ0n) is 16.7. The van der Waals surface area contributed by atoms with Crippen LogP contribution in [-0.4, -0.2) is 75.5 Å². The summed E-state index contributed by atoms with van der Waals surface area (Å²) in [6, 6.07) is 0. The van der Waals surface area contributed by atoms with E-state index in [1.807, 2.05) is 6.92 Å². The van der Waals surface area contributed by atoms with E-state index in [2.05, 4.69) is 37.9 Å². The Morgan fingerprint density at radius 2 is 1.17 bits per heavy atom. The molecule has 0 amide bonds. The summed E-state index contributed by atoms with van der Waals surface area (Å²) in [5, 5.41) is 0. The fourth-order valence-electron chi connectivity index (χ4n) is 1.80. The van der Waals surface area contributed by atoms with Crippen molar-refractivity contribution in [1.82, 2.24) is 0 Å². The van der Waals surface area contributed by atoms with Crippen LogP contribution in [0, 0.1) is 0 Å². The largest absolute Gasteiger partial charge is 0.509 e. The molecule has 4 aliphatic rings. The second-order valence-corrected chi connectivity index (χ2v) is 6.04. The Morgan fingerprint density at radius 1 is 0.655 bits per heavy atom. The standard InChI is InChI=1S/2C5H8O3.C4H6O3.C3H4O3/c1-3-4(2)8-5(6)7-3;1-2-4-3-7-5(6)8-4;1-3-2-6-4(5)7-3;4-3-5-1-2-6-3/h3-4H,1-2H3;4H,2-3H2,1H3;3H,2H2,1H3;1-2H2. The summed E-state index contributed by atoms with van der Waals surface area (Å²) in [4.78, 5) is 40.2. The first-order valence-corrected chi connectivity index (χ1v) is 9.04. The Kier molecular flexibility index (Phi) is 10.4. The number of ether oxygens (including phenoxy) is 8. The molecule has 0 saturated carbocycles. The van der Waals surface area contributed by atoms with E-state index in [0.717, 1.165) is 6.42 Å². The van der Waals surface area contributed by atoms with E-state index in [4.69, 9.17) is 0 Å². The minimum Gasteiger partial charge on any atom is -0.431 e. The molecule has 12 heteroatoms. The molecular weight excluding hydrogens is 396 g/mol. The number of hydrogen-bond donors (Lipinski definition) is 0. The molecule has 4 rings (SSSR count). The van der Waals surface area contributed by atoms with Gasteiger partial charge in [0.15, 0.2) is 0 Å². The van der Waals surface area contributed by atoms with Crippen molar-refractivity contribution in [3.05, 3.63) is 0 Å².